The Labute approximate surface area is 134 Å². The number of hydrogen-bond donors (Lipinski definition) is 0. The molecule has 4 aliphatic rings. The van der Waals surface area contributed by atoms with Gasteiger partial charge in [0, 0.05) is 11.5 Å². The van der Waals surface area contributed by atoms with Crippen molar-refractivity contribution >= 4 is 0 Å². The topological polar surface area (TPSA) is 48.8 Å². The third kappa shape index (κ3) is 2.04. The Morgan fingerprint density at radius 1 is 0.955 bits per heavy atom. The first-order valence-corrected chi connectivity index (χ1v) is 9.70. The normalized spacial score (nSPS) is 50.4. The van der Waals surface area contributed by atoms with E-state index in [2.05, 4.69) is 16.9 Å². The second-order valence-corrected chi connectivity index (χ2v) is 9.08. The first kappa shape index (κ1) is 14.9. The summed E-state index contributed by atoms with van der Waals surface area (Å²) in [7, 11) is 0. The molecule has 0 radical (unpaired) electrons. The van der Waals surface area contributed by atoms with E-state index in [1.165, 1.54) is 70.6 Å². The van der Waals surface area contributed by atoms with E-state index in [1.807, 2.05) is 0 Å². The van der Waals surface area contributed by atoms with Crippen molar-refractivity contribution in [3.8, 4) is 0 Å². The van der Waals surface area contributed by atoms with Gasteiger partial charge in [-0.3, -0.25) is 0 Å². The van der Waals surface area contributed by atoms with Crippen molar-refractivity contribution in [2.75, 3.05) is 6.54 Å². The highest BCUT2D eigenvalue weighted by molar-refractivity contribution is 5.08. The van der Waals surface area contributed by atoms with Crippen molar-refractivity contribution in [3.63, 3.8) is 0 Å². The molecule has 0 bridgehead atoms. The average molecular weight is 301 g/mol. The van der Waals surface area contributed by atoms with E-state index in [4.69, 9.17) is 5.53 Å². The number of hydrogen-bond acceptors (Lipinski definition) is 1. The van der Waals surface area contributed by atoms with Crippen LogP contribution in [0.4, 0.5) is 0 Å². The van der Waals surface area contributed by atoms with E-state index in [1.54, 1.807) is 0 Å². The Balaban J connectivity index is 1.62. The summed E-state index contributed by atoms with van der Waals surface area (Å²) < 4.78 is 0. The molecule has 3 nitrogen and oxygen atoms in total. The highest BCUT2D eigenvalue weighted by atomic mass is 15.1. The van der Waals surface area contributed by atoms with Crippen molar-refractivity contribution in [2.24, 2.45) is 39.6 Å². The second kappa shape index (κ2) is 5.44. The molecule has 22 heavy (non-hydrogen) atoms. The molecule has 0 saturated heterocycles. The number of rotatable bonds is 2. The maximum Gasteiger partial charge on any atom is 0.0317 e. The molecule has 0 aromatic heterocycles. The summed E-state index contributed by atoms with van der Waals surface area (Å²) in [5.74, 6) is 3.77. The minimum Gasteiger partial charge on any atom is -0.0934 e. The van der Waals surface area contributed by atoms with Crippen LogP contribution in [0.3, 0.4) is 0 Å². The fourth-order valence-electron chi connectivity index (χ4n) is 7.54. The molecule has 0 aliphatic heterocycles. The standard InChI is InChI=1S/C19H31N3/c1-18-10-3-2-5-14(18)7-8-15-16(18)9-12-19(13-21-22-20)11-4-6-17(15)19/h14-17H,2-13H2,1H3/t14-,15+,16-,17+,18-,19-/m0/s1. The van der Waals surface area contributed by atoms with Gasteiger partial charge < -0.3 is 0 Å². The average Bonchev–Trinajstić information content (AvgIpc) is 2.96. The van der Waals surface area contributed by atoms with Crippen molar-refractivity contribution in [1.82, 2.24) is 0 Å². The molecule has 122 valence electrons. The van der Waals surface area contributed by atoms with Crippen LogP contribution in [0.25, 0.3) is 10.4 Å². The second-order valence-electron chi connectivity index (χ2n) is 9.08. The molecule has 4 fully saturated rings. The minimum absolute atomic E-state index is 0.380. The SMILES string of the molecule is C[C@]12CCCC[C@H]1CC[C@H]1[C@H]3CCC[C@@]3(CN=[N+]=[N-])CC[C@@H]12. The molecule has 0 heterocycles. The van der Waals surface area contributed by atoms with Crippen LogP contribution in [-0.2, 0) is 0 Å². The summed E-state index contributed by atoms with van der Waals surface area (Å²) in [6, 6.07) is 0. The van der Waals surface area contributed by atoms with Crippen LogP contribution >= 0.6 is 0 Å². The number of azide groups is 1. The summed E-state index contributed by atoms with van der Waals surface area (Å²) in [6.07, 6.45) is 15.7. The lowest BCUT2D eigenvalue weighted by atomic mass is 9.45. The van der Waals surface area contributed by atoms with E-state index in [0.29, 0.717) is 10.8 Å². The molecule has 0 amide bonds. The van der Waals surface area contributed by atoms with Crippen LogP contribution in [0, 0.1) is 34.5 Å². The van der Waals surface area contributed by atoms with Crippen molar-refractivity contribution in [1.29, 1.82) is 0 Å². The lowest BCUT2D eigenvalue weighted by Gasteiger charge is -2.60. The largest absolute Gasteiger partial charge is 0.0934 e. The van der Waals surface area contributed by atoms with Gasteiger partial charge in [0.2, 0.25) is 0 Å². The quantitative estimate of drug-likeness (QED) is 0.336. The smallest absolute Gasteiger partial charge is 0.0317 e. The van der Waals surface area contributed by atoms with Crippen LogP contribution in [-0.4, -0.2) is 6.54 Å². The summed E-state index contributed by atoms with van der Waals surface area (Å²) in [6.45, 7) is 3.42. The maximum atomic E-state index is 8.80. The highest BCUT2D eigenvalue weighted by Crippen LogP contribution is 2.66. The molecule has 0 aromatic carbocycles. The molecule has 6 atom stereocenters. The number of fused-ring (bicyclic) bond motifs is 5. The Morgan fingerprint density at radius 3 is 2.73 bits per heavy atom. The van der Waals surface area contributed by atoms with Gasteiger partial charge in [-0.05, 0) is 91.4 Å². The minimum atomic E-state index is 0.380. The van der Waals surface area contributed by atoms with E-state index in [0.717, 1.165) is 30.2 Å². The molecule has 0 unspecified atom stereocenters. The summed E-state index contributed by atoms with van der Waals surface area (Å²) in [4.78, 5) is 3.09. The van der Waals surface area contributed by atoms with Crippen LogP contribution in [0.1, 0.15) is 77.6 Å². The fourth-order valence-corrected chi connectivity index (χ4v) is 7.54. The Bertz CT molecular complexity index is 483. The molecule has 0 aromatic rings. The third-order valence-electron chi connectivity index (χ3n) is 8.56. The zero-order valence-corrected chi connectivity index (χ0v) is 14.1. The predicted molar refractivity (Wildman–Crippen MR) is 89.3 cm³/mol. The van der Waals surface area contributed by atoms with Gasteiger partial charge in [-0.1, -0.05) is 31.3 Å². The monoisotopic (exact) mass is 301 g/mol. The van der Waals surface area contributed by atoms with Gasteiger partial charge in [-0.2, -0.15) is 0 Å². The van der Waals surface area contributed by atoms with E-state index in [9.17, 15) is 0 Å². The lowest BCUT2D eigenvalue weighted by molar-refractivity contribution is -0.105. The van der Waals surface area contributed by atoms with Crippen LogP contribution in [0.2, 0.25) is 0 Å². The van der Waals surface area contributed by atoms with Crippen molar-refractivity contribution < 1.29 is 0 Å². The zero-order valence-electron chi connectivity index (χ0n) is 14.1. The first-order chi connectivity index (χ1) is 10.7. The fraction of sp³-hybridized carbons (Fsp3) is 1.00. The maximum absolute atomic E-state index is 8.80. The Morgan fingerprint density at radius 2 is 1.86 bits per heavy atom. The van der Waals surface area contributed by atoms with Gasteiger partial charge in [0.15, 0.2) is 0 Å². The van der Waals surface area contributed by atoms with E-state index >= 15 is 0 Å². The van der Waals surface area contributed by atoms with Crippen LogP contribution in [0.15, 0.2) is 5.11 Å². The first-order valence-electron chi connectivity index (χ1n) is 9.70. The summed E-state index contributed by atoms with van der Waals surface area (Å²) >= 11 is 0. The van der Waals surface area contributed by atoms with E-state index in [-0.39, 0.29) is 0 Å². The zero-order chi connectivity index (χ0) is 15.2. The van der Waals surface area contributed by atoms with Gasteiger partial charge >= 0.3 is 0 Å². The van der Waals surface area contributed by atoms with Gasteiger partial charge in [0.25, 0.3) is 0 Å². The molecular formula is C19H31N3. The van der Waals surface area contributed by atoms with Gasteiger partial charge in [0.05, 0.1) is 0 Å². The van der Waals surface area contributed by atoms with Crippen molar-refractivity contribution in [3.05, 3.63) is 10.4 Å². The Hall–Kier alpha value is -0.690. The molecule has 3 heteroatoms. The lowest BCUT2D eigenvalue weighted by Crippen LogP contribution is -2.52. The summed E-state index contributed by atoms with van der Waals surface area (Å²) in [5, 5.41) is 4.05. The number of nitrogens with zero attached hydrogens (tertiary/aromatic N) is 3. The van der Waals surface area contributed by atoms with E-state index < -0.39 is 0 Å². The summed E-state index contributed by atoms with van der Waals surface area (Å²) in [5.41, 5.74) is 9.81. The van der Waals surface area contributed by atoms with Gasteiger partial charge in [-0.25, -0.2) is 0 Å². The molecule has 4 aliphatic carbocycles. The van der Waals surface area contributed by atoms with Crippen LogP contribution < -0.4 is 0 Å². The van der Waals surface area contributed by atoms with Crippen LogP contribution in [0.5, 0.6) is 0 Å². The molecule has 4 saturated carbocycles. The molecule has 0 N–H and O–H groups in total. The predicted octanol–water partition coefficient (Wildman–Crippen LogP) is 6.10. The highest BCUT2D eigenvalue weighted by Gasteiger charge is 2.58. The molecule has 0 spiro atoms. The molecule has 4 rings (SSSR count). The third-order valence-corrected chi connectivity index (χ3v) is 8.56. The molecular weight excluding hydrogens is 270 g/mol. The van der Waals surface area contributed by atoms with Gasteiger partial charge in [-0.15, -0.1) is 0 Å². The van der Waals surface area contributed by atoms with Gasteiger partial charge in [0.1, 0.15) is 0 Å². The van der Waals surface area contributed by atoms with Crippen molar-refractivity contribution in [2.45, 2.75) is 77.6 Å². The Kier molecular flexibility index (Phi) is 3.68.